The van der Waals surface area contributed by atoms with E-state index in [1.807, 2.05) is 29.5 Å². The summed E-state index contributed by atoms with van der Waals surface area (Å²) in [6.45, 7) is 9.31. The van der Waals surface area contributed by atoms with Gasteiger partial charge in [0.2, 0.25) is 5.91 Å². The van der Waals surface area contributed by atoms with Gasteiger partial charge in [-0.15, -0.1) is 0 Å². The maximum Gasteiger partial charge on any atom is 0.416 e. The third-order valence-electron chi connectivity index (χ3n) is 6.70. The molecular formula is C25H29F3N6O. The Hall–Kier alpha value is -3.43. The highest BCUT2D eigenvalue weighted by atomic mass is 19.4. The van der Waals surface area contributed by atoms with Crippen molar-refractivity contribution in [3.05, 3.63) is 58.5 Å². The first-order valence-electron chi connectivity index (χ1n) is 11.5. The van der Waals surface area contributed by atoms with Gasteiger partial charge in [0.15, 0.2) is 5.49 Å². The van der Waals surface area contributed by atoms with Crippen molar-refractivity contribution in [2.24, 2.45) is 12.0 Å². The molecule has 10 heteroatoms. The molecular weight excluding hydrogens is 457 g/mol. The Balaban J connectivity index is 1.78. The van der Waals surface area contributed by atoms with Crippen LogP contribution in [0.1, 0.15) is 42.4 Å². The second kappa shape index (κ2) is 9.31. The van der Waals surface area contributed by atoms with Crippen LogP contribution in [0.15, 0.2) is 35.5 Å². The van der Waals surface area contributed by atoms with Crippen molar-refractivity contribution in [3.8, 4) is 0 Å². The lowest BCUT2D eigenvalue weighted by Gasteiger charge is -2.35. The number of amides is 1. The molecule has 186 valence electrons. The number of anilines is 1. The SMILES string of the molecule is CC(=O)N1CCN(c2cnc3c(c2)/c(=N/[C@H](C)c2cccc(C(F)(F)F)c2C)nc(C)n3C)CC1. The maximum atomic E-state index is 13.4. The highest BCUT2D eigenvalue weighted by Crippen LogP contribution is 2.35. The Bertz CT molecular complexity index is 1340. The third kappa shape index (κ3) is 4.87. The number of hydrogen-bond donors (Lipinski definition) is 0. The number of carbonyl (C=O) groups excluding carboxylic acids is 1. The van der Waals surface area contributed by atoms with Crippen LogP contribution in [0.2, 0.25) is 0 Å². The van der Waals surface area contributed by atoms with Gasteiger partial charge in [0.1, 0.15) is 11.5 Å². The van der Waals surface area contributed by atoms with Gasteiger partial charge in [0, 0.05) is 40.2 Å². The number of benzene rings is 1. The molecule has 35 heavy (non-hydrogen) atoms. The van der Waals surface area contributed by atoms with Gasteiger partial charge in [0.25, 0.3) is 0 Å². The normalized spacial score (nSPS) is 16.2. The molecule has 1 aliphatic heterocycles. The predicted octanol–water partition coefficient (Wildman–Crippen LogP) is 3.93. The Morgan fingerprint density at radius 3 is 2.46 bits per heavy atom. The second-order valence-corrected chi connectivity index (χ2v) is 8.92. The van der Waals surface area contributed by atoms with Gasteiger partial charge < -0.3 is 14.4 Å². The molecule has 3 heterocycles. The van der Waals surface area contributed by atoms with Crippen molar-refractivity contribution >= 4 is 22.6 Å². The number of pyridine rings is 1. The number of alkyl halides is 3. The van der Waals surface area contributed by atoms with Crippen molar-refractivity contribution in [2.75, 3.05) is 31.1 Å². The van der Waals surface area contributed by atoms with E-state index >= 15 is 0 Å². The fourth-order valence-corrected chi connectivity index (χ4v) is 4.54. The monoisotopic (exact) mass is 486 g/mol. The smallest absolute Gasteiger partial charge is 0.367 e. The molecule has 7 nitrogen and oxygen atoms in total. The number of aryl methyl sites for hydroxylation is 2. The van der Waals surface area contributed by atoms with E-state index in [1.165, 1.54) is 13.0 Å². The van der Waals surface area contributed by atoms with Crippen molar-refractivity contribution in [1.29, 1.82) is 0 Å². The summed E-state index contributed by atoms with van der Waals surface area (Å²) in [5.74, 6) is 0.757. The van der Waals surface area contributed by atoms with E-state index in [1.54, 1.807) is 26.1 Å². The summed E-state index contributed by atoms with van der Waals surface area (Å²) >= 11 is 0. The highest BCUT2D eigenvalue weighted by Gasteiger charge is 2.33. The summed E-state index contributed by atoms with van der Waals surface area (Å²) in [4.78, 5) is 29.7. The zero-order valence-corrected chi connectivity index (χ0v) is 20.5. The Kier molecular flexibility index (Phi) is 6.57. The summed E-state index contributed by atoms with van der Waals surface area (Å²) in [5.41, 5.74) is 2.04. The van der Waals surface area contributed by atoms with Gasteiger partial charge in [-0.1, -0.05) is 12.1 Å². The molecule has 2 aromatic heterocycles. The summed E-state index contributed by atoms with van der Waals surface area (Å²) in [6, 6.07) is 5.62. The third-order valence-corrected chi connectivity index (χ3v) is 6.70. The maximum absolute atomic E-state index is 13.4. The minimum absolute atomic E-state index is 0.0629. The van der Waals surface area contributed by atoms with Crippen molar-refractivity contribution < 1.29 is 18.0 Å². The van der Waals surface area contributed by atoms with Crippen LogP contribution in [0.5, 0.6) is 0 Å². The average molecular weight is 487 g/mol. The lowest BCUT2D eigenvalue weighted by molar-refractivity contribution is -0.138. The van der Waals surface area contributed by atoms with E-state index in [-0.39, 0.29) is 11.5 Å². The lowest BCUT2D eigenvalue weighted by Crippen LogP contribution is -2.48. The number of aromatic nitrogens is 3. The zero-order chi connectivity index (χ0) is 25.5. The van der Waals surface area contributed by atoms with Gasteiger partial charge in [0.05, 0.1) is 28.9 Å². The summed E-state index contributed by atoms with van der Waals surface area (Å²) in [7, 11) is 1.87. The van der Waals surface area contributed by atoms with Crippen LogP contribution in [-0.4, -0.2) is 51.5 Å². The van der Waals surface area contributed by atoms with Gasteiger partial charge in [-0.3, -0.25) is 9.79 Å². The summed E-state index contributed by atoms with van der Waals surface area (Å²) < 4.78 is 42.2. The van der Waals surface area contributed by atoms with E-state index < -0.39 is 17.8 Å². The molecule has 1 amide bonds. The molecule has 1 aromatic carbocycles. The van der Waals surface area contributed by atoms with E-state index in [4.69, 9.17) is 4.99 Å². The van der Waals surface area contributed by atoms with Crippen molar-refractivity contribution in [3.63, 3.8) is 0 Å². The number of piperazine rings is 1. The molecule has 0 spiro atoms. The number of hydrogen-bond acceptors (Lipinski definition) is 5. The molecule has 1 fully saturated rings. The number of carbonyl (C=O) groups is 1. The largest absolute Gasteiger partial charge is 0.416 e. The van der Waals surface area contributed by atoms with Crippen LogP contribution in [0.25, 0.3) is 11.0 Å². The Labute approximate surface area is 201 Å². The van der Waals surface area contributed by atoms with E-state index in [2.05, 4.69) is 14.9 Å². The zero-order valence-electron chi connectivity index (χ0n) is 20.5. The lowest BCUT2D eigenvalue weighted by atomic mass is 9.97. The summed E-state index contributed by atoms with van der Waals surface area (Å²) in [5, 5.41) is 0.723. The first-order valence-corrected chi connectivity index (χ1v) is 11.5. The van der Waals surface area contributed by atoms with Crippen LogP contribution in [0.3, 0.4) is 0 Å². The number of nitrogens with zero attached hydrogens (tertiary/aromatic N) is 6. The number of fused-ring (bicyclic) bond motifs is 1. The molecule has 0 N–H and O–H groups in total. The second-order valence-electron chi connectivity index (χ2n) is 8.92. The summed E-state index contributed by atoms with van der Waals surface area (Å²) in [6.07, 6.45) is -2.62. The molecule has 0 saturated carbocycles. The van der Waals surface area contributed by atoms with E-state index in [0.29, 0.717) is 48.7 Å². The first kappa shape index (κ1) is 24.7. The van der Waals surface area contributed by atoms with Crippen LogP contribution in [0, 0.1) is 13.8 Å². The van der Waals surface area contributed by atoms with Crippen molar-refractivity contribution in [2.45, 2.75) is 39.9 Å². The van der Waals surface area contributed by atoms with Crippen LogP contribution < -0.4 is 10.4 Å². The minimum atomic E-state index is -4.42. The Morgan fingerprint density at radius 1 is 1.14 bits per heavy atom. The quantitative estimate of drug-likeness (QED) is 0.563. The number of halogens is 3. The molecule has 0 aliphatic carbocycles. The molecule has 3 aromatic rings. The molecule has 0 bridgehead atoms. The minimum Gasteiger partial charge on any atom is -0.367 e. The molecule has 0 unspecified atom stereocenters. The first-order chi connectivity index (χ1) is 16.5. The molecule has 1 saturated heterocycles. The van der Waals surface area contributed by atoms with Gasteiger partial charge in [-0.05, 0) is 44.0 Å². The number of rotatable bonds is 3. The van der Waals surface area contributed by atoms with Gasteiger partial charge >= 0.3 is 6.18 Å². The predicted molar refractivity (Wildman–Crippen MR) is 128 cm³/mol. The fraction of sp³-hybridized carbons (Fsp3) is 0.440. The van der Waals surface area contributed by atoms with E-state index in [9.17, 15) is 18.0 Å². The molecule has 1 atom stereocenters. The molecule has 4 rings (SSSR count). The van der Waals surface area contributed by atoms with Crippen LogP contribution in [-0.2, 0) is 18.0 Å². The van der Waals surface area contributed by atoms with Crippen LogP contribution >= 0.6 is 0 Å². The van der Waals surface area contributed by atoms with Gasteiger partial charge in [-0.25, -0.2) is 9.97 Å². The van der Waals surface area contributed by atoms with Gasteiger partial charge in [-0.2, -0.15) is 13.2 Å². The van der Waals surface area contributed by atoms with E-state index in [0.717, 1.165) is 17.1 Å². The molecule has 1 aliphatic rings. The highest BCUT2D eigenvalue weighted by molar-refractivity contribution is 5.78. The standard InChI is InChI=1S/C25H29F3N6O/c1-15-20(7-6-8-22(15)25(26,27)28)16(2)30-23-21-13-19(14-29-24(21)32(5)17(3)31-23)34-11-9-33(10-12-34)18(4)35/h6-8,13-14,16H,9-12H2,1-5H3/b30-23-/t16-/m1/s1. The Morgan fingerprint density at radius 2 is 1.83 bits per heavy atom. The van der Waals surface area contributed by atoms with Crippen LogP contribution in [0.4, 0.5) is 18.9 Å². The van der Waals surface area contributed by atoms with Crippen molar-refractivity contribution in [1.82, 2.24) is 19.4 Å². The topological polar surface area (TPSA) is 66.6 Å². The molecule has 0 radical (unpaired) electrons. The average Bonchev–Trinajstić information content (AvgIpc) is 2.81. The fourth-order valence-electron chi connectivity index (χ4n) is 4.54.